The van der Waals surface area contributed by atoms with E-state index in [1.807, 2.05) is 11.6 Å². The van der Waals surface area contributed by atoms with Gasteiger partial charge in [0.1, 0.15) is 22.1 Å². The molecule has 0 unspecified atom stereocenters. The van der Waals surface area contributed by atoms with Crippen molar-refractivity contribution in [2.75, 3.05) is 13.7 Å². The van der Waals surface area contributed by atoms with Crippen LogP contribution in [0.3, 0.4) is 0 Å². The quantitative estimate of drug-likeness (QED) is 0.416. The summed E-state index contributed by atoms with van der Waals surface area (Å²) < 4.78 is 10.1. The number of fused-ring (bicyclic) bond motifs is 2. The largest absolute Gasteiger partial charge is 0.494 e. The van der Waals surface area contributed by atoms with Gasteiger partial charge in [0.2, 0.25) is 5.91 Å². The van der Waals surface area contributed by atoms with Crippen molar-refractivity contribution >= 4 is 44.4 Å². The minimum absolute atomic E-state index is 0.190. The Morgan fingerprint density at radius 3 is 2.72 bits per heavy atom. The maximum atomic E-state index is 13.6. The normalized spacial score (nSPS) is 20.4. The number of imidazole rings is 1. The first-order chi connectivity index (χ1) is 17.4. The van der Waals surface area contributed by atoms with E-state index in [0.29, 0.717) is 35.6 Å². The third kappa shape index (κ3) is 3.75. The van der Waals surface area contributed by atoms with E-state index in [0.717, 1.165) is 23.6 Å². The number of nitrogens with zero attached hydrogens (tertiary/aromatic N) is 4. The molecular weight excluding hydrogens is 476 g/mol. The predicted octanol–water partition coefficient (Wildman–Crippen LogP) is 3.09. The SMILES string of the molecule is COc1cc(C(=O)N2C[C@H](N)CC[C@@H]2C(N)=O)cc2nc(-c3cc4ccsc4n3CC3CC3)n(C)c12. The Kier molecular flexibility index (Phi) is 5.53. The van der Waals surface area contributed by atoms with E-state index < -0.39 is 11.9 Å². The Hall–Kier alpha value is -3.37. The van der Waals surface area contributed by atoms with Crippen LogP contribution in [0.1, 0.15) is 36.0 Å². The summed E-state index contributed by atoms with van der Waals surface area (Å²) in [4.78, 5) is 33.4. The molecule has 4 aromatic rings. The van der Waals surface area contributed by atoms with Crippen molar-refractivity contribution in [2.24, 2.45) is 24.4 Å². The molecule has 1 saturated heterocycles. The number of carbonyl (C=O) groups excluding carboxylic acids is 2. The highest BCUT2D eigenvalue weighted by molar-refractivity contribution is 7.16. The van der Waals surface area contributed by atoms with Gasteiger partial charge in [0.25, 0.3) is 5.91 Å². The van der Waals surface area contributed by atoms with Crippen LogP contribution in [0, 0.1) is 5.92 Å². The van der Waals surface area contributed by atoms with E-state index in [4.69, 9.17) is 21.2 Å². The minimum Gasteiger partial charge on any atom is -0.494 e. The molecule has 1 aromatic carbocycles. The first kappa shape index (κ1) is 23.1. The van der Waals surface area contributed by atoms with Gasteiger partial charge in [-0.05, 0) is 61.2 Å². The monoisotopic (exact) mass is 506 g/mol. The molecule has 1 saturated carbocycles. The van der Waals surface area contributed by atoms with Crippen LogP contribution in [0.5, 0.6) is 5.75 Å². The third-order valence-electron chi connectivity index (χ3n) is 7.48. The van der Waals surface area contributed by atoms with Crippen molar-refractivity contribution in [3.63, 3.8) is 0 Å². The molecule has 1 aliphatic carbocycles. The third-order valence-corrected chi connectivity index (χ3v) is 8.43. The molecule has 3 aromatic heterocycles. The zero-order valence-electron chi connectivity index (χ0n) is 20.4. The number of amides is 2. The van der Waals surface area contributed by atoms with Crippen LogP contribution >= 0.6 is 11.3 Å². The summed E-state index contributed by atoms with van der Waals surface area (Å²) in [6.45, 7) is 1.26. The van der Waals surface area contributed by atoms with Crippen molar-refractivity contribution in [1.82, 2.24) is 19.0 Å². The molecule has 9 nitrogen and oxygen atoms in total. The van der Waals surface area contributed by atoms with Crippen molar-refractivity contribution < 1.29 is 14.3 Å². The second-order valence-corrected chi connectivity index (χ2v) is 10.9. The summed E-state index contributed by atoms with van der Waals surface area (Å²) in [5.74, 6) is 1.28. The molecule has 0 bridgehead atoms. The summed E-state index contributed by atoms with van der Waals surface area (Å²) in [5.41, 5.74) is 14.7. The van der Waals surface area contributed by atoms with E-state index in [1.165, 1.54) is 28.0 Å². The summed E-state index contributed by atoms with van der Waals surface area (Å²) >= 11 is 1.75. The van der Waals surface area contributed by atoms with Crippen LogP contribution in [0.4, 0.5) is 0 Å². The standard InChI is InChI=1S/C26H30N6O3S/c1-30-22-18(29-24(30)20-10-15-7-8-36-26(15)32(20)12-14-3-4-14)9-16(11-21(22)35-2)25(34)31-13-17(27)5-6-19(31)23(28)33/h7-11,14,17,19H,3-6,12-13,27H2,1-2H3,(H2,28,33)/t17-,19-/m1/s1. The number of aromatic nitrogens is 3. The molecule has 36 heavy (non-hydrogen) atoms. The van der Waals surface area contributed by atoms with E-state index >= 15 is 0 Å². The molecule has 1 aliphatic heterocycles. The lowest BCUT2D eigenvalue weighted by Crippen LogP contribution is -2.55. The molecule has 0 radical (unpaired) electrons. The average molecular weight is 507 g/mol. The zero-order valence-corrected chi connectivity index (χ0v) is 21.3. The smallest absolute Gasteiger partial charge is 0.254 e. The Bertz CT molecular complexity index is 1500. The van der Waals surface area contributed by atoms with Gasteiger partial charge in [0.05, 0.1) is 18.3 Å². The Morgan fingerprint density at radius 1 is 1.19 bits per heavy atom. The van der Waals surface area contributed by atoms with Gasteiger partial charge in [-0.15, -0.1) is 11.3 Å². The molecule has 188 valence electrons. The van der Waals surface area contributed by atoms with Crippen LogP contribution in [0.2, 0.25) is 0 Å². The van der Waals surface area contributed by atoms with E-state index in [9.17, 15) is 9.59 Å². The number of carbonyl (C=O) groups is 2. The molecule has 2 fully saturated rings. The minimum atomic E-state index is -0.670. The van der Waals surface area contributed by atoms with Gasteiger partial charge in [-0.25, -0.2) is 4.98 Å². The lowest BCUT2D eigenvalue weighted by molar-refractivity contribution is -0.123. The maximum absolute atomic E-state index is 13.6. The molecule has 10 heteroatoms. The van der Waals surface area contributed by atoms with Gasteiger partial charge in [-0.1, -0.05) is 0 Å². The highest BCUT2D eigenvalue weighted by Gasteiger charge is 2.35. The van der Waals surface area contributed by atoms with Crippen LogP contribution < -0.4 is 16.2 Å². The number of methoxy groups -OCH3 is 1. The topological polar surface area (TPSA) is 121 Å². The van der Waals surface area contributed by atoms with Gasteiger partial charge >= 0.3 is 0 Å². The molecule has 2 atom stereocenters. The van der Waals surface area contributed by atoms with Gasteiger partial charge < -0.3 is 30.2 Å². The Labute approximate surface area is 212 Å². The molecule has 2 amide bonds. The number of primary amides is 1. The fourth-order valence-corrected chi connectivity index (χ4v) is 6.31. The molecule has 0 spiro atoms. The van der Waals surface area contributed by atoms with Gasteiger partial charge in [-0.2, -0.15) is 0 Å². The summed E-state index contributed by atoms with van der Waals surface area (Å²) in [6.07, 6.45) is 3.64. The molecule has 2 aliphatic rings. The fraction of sp³-hybridized carbons (Fsp3) is 0.423. The van der Waals surface area contributed by atoms with Crippen molar-refractivity contribution in [3.8, 4) is 17.3 Å². The second-order valence-electron chi connectivity index (χ2n) is 10.0. The lowest BCUT2D eigenvalue weighted by Gasteiger charge is -2.36. The van der Waals surface area contributed by atoms with Gasteiger partial charge in [-0.3, -0.25) is 9.59 Å². The first-order valence-corrected chi connectivity index (χ1v) is 13.2. The number of thiophene rings is 1. The van der Waals surface area contributed by atoms with Crippen molar-refractivity contribution in [2.45, 2.75) is 44.3 Å². The van der Waals surface area contributed by atoms with Crippen LogP contribution in [-0.4, -0.2) is 56.6 Å². The average Bonchev–Trinajstić information content (AvgIpc) is 3.31. The van der Waals surface area contributed by atoms with Gasteiger partial charge in [0, 0.05) is 37.1 Å². The number of likely N-dealkylation sites (tertiary alicyclic amines) is 1. The Morgan fingerprint density at radius 2 is 2.00 bits per heavy atom. The predicted molar refractivity (Wildman–Crippen MR) is 140 cm³/mol. The molecule has 6 rings (SSSR count). The summed E-state index contributed by atoms with van der Waals surface area (Å²) in [5, 5.41) is 3.34. The summed E-state index contributed by atoms with van der Waals surface area (Å²) in [6, 6.07) is 6.97. The van der Waals surface area contributed by atoms with Crippen molar-refractivity contribution in [1.29, 1.82) is 0 Å². The van der Waals surface area contributed by atoms with Gasteiger partial charge in [0.15, 0.2) is 5.82 Å². The number of aryl methyl sites for hydroxylation is 1. The highest BCUT2D eigenvalue weighted by atomic mass is 32.1. The second kappa shape index (κ2) is 8.63. The number of benzene rings is 1. The van der Waals surface area contributed by atoms with Crippen LogP contribution in [-0.2, 0) is 18.4 Å². The zero-order chi connectivity index (χ0) is 25.1. The number of hydrogen-bond donors (Lipinski definition) is 2. The summed E-state index contributed by atoms with van der Waals surface area (Å²) in [7, 11) is 3.56. The highest BCUT2D eigenvalue weighted by Crippen LogP contribution is 2.39. The molecule has 4 heterocycles. The first-order valence-electron chi connectivity index (χ1n) is 12.3. The number of nitrogens with two attached hydrogens (primary N) is 2. The Balaban J connectivity index is 1.45. The fourth-order valence-electron chi connectivity index (χ4n) is 5.40. The lowest BCUT2D eigenvalue weighted by atomic mass is 9.97. The van der Waals surface area contributed by atoms with E-state index in [2.05, 4.69) is 22.1 Å². The van der Waals surface area contributed by atoms with E-state index in [1.54, 1.807) is 30.6 Å². The number of hydrogen-bond acceptors (Lipinski definition) is 6. The van der Waals surface area contributed by atoms with E-state index in [-0.39, 0.29) is 18.5 Å². The number of rotatable bonds is 6. The molecular formula is C26H30N6O3S. The van der Waals surface area contributed by atoms with Crippen LogP contribution in [0.25, 0.3) is 32.8 Å². The maximum Gasteiger partial charge on any atom is 0.254 e. The number of piperidine rings is 1. The van der Waals surface area contributed by atoms with Crippen LogP contribution in [0.15, 0.2) is 29.6 Å². The molecule has 4 N–H and O–H groups in total. The van der Waals surface area contributed by atoms with Crippen molar-refractivity contribution in [3.05, 3.63) is 35.2 Å². The number of ether oxygens (including phenoxy) is 1.